The molecule has 0 unspecified atom stereocenters. The van der Waals surface area contributed by atoms with Crippen LogP contribution in [0.25, 0.3) is 22.4 Å². The van der Waals surface area contributed by atoms with Crippen molar-refractivity contribution in [3.05, 3.63) is 72.2 Å². The molecule has 1 fully saturated rings. The summed E-state index contributed by atoms with van der Waals surface area (Å²) in [6.07, 6.45) is 5.71. The summed E-state index contributed by atoms with van der Waals surface area (Å²) in [5.74, 6) is 2.44. The monoisotopic (exact) mass is 442 g/mol. The van der Waals surface area contributed by atoms with Gasteiger partial charge in [-0.3, -0.25) is 9.78 Å². The van der Waals surface area contributed by atoms with Crippen molar-refractivity contribution in [2.45, 2.75) is 31.6 Å². The zero-order valence-corrected chi connectivity index (χ0v) is 18.5. The van der Waals surface area contributed by atoms with Crippen LogP contribution in [0.5, 0.6) is 5.75 Å². The van der Waals surface area contributed by atoms with E-state index < -0.39 is 0 Å². The third-order valence-electron chi connectivity index (χ3n) is 6.40. The molecule has 0 radical (unpaired) electrons. The first kappa shape index (κ1) is 21.1. The molecular weight excluding hydrogens is 416 g/mol. The highest BCUT2D eigenvalue weighted by atomic mass is 16.5. The number of aromatic nitrogens is 3. The molecule has 1 N–H and O–H groups in total. The van der Waals surface area contributed by atoms with Crippen molar-refractivity contribution >= 4 is 16.7 Å². The van der Waals surface area contributed by atoms with Crippen molar-refractivity contribution < 1.29 is 13.9 Å². The zero-order chi connectivity index (χ0) is 22.6. The molecule has 4 aromatic rings. The number of pyridine rings is 1. The number of hydrogen-bond acceptors (Lipinski definition) is 6. The van der Waals surface area contributed by atoms with Crippen LogP contribution in [0.3, 0.4) is 0 Å². The minimum absolute atomic E-state index is 0.0693. The molecule has 7 nitrogen and oxygen atoms in total. The number of benzene rings is 2. The molecule has 2 heterocycles. The minimum atomic E-state index is -0.0693. The molecule has 0 saturated heterocycles. The summed E-state index contributed by atoms with van der Waals surface area (Å²) in [6, 6.07) is 17.2. The molecule has 0 spiro atoms. The van der Waals surface area contributed by atoms with Gasteiger partial charge in [0, 0.05) is 29.6 Å². The molecule has 7 heteroatoms. The van der Waals surface area contributed by atoms with Crippen LogP contribution in [0, 0.1) is 5.92 Å². The van der Waals surface area contributed by atoms with E-state index in [4.69, 9.17) is 9.15 Å². The fraction of sp³-hybridized carbons (Fsp3) is 0.308. The second-order valence-corrected chi connectivity index (χ2v) is 8.49. The van der Waals surface area contributed by atoms with Crippen LogP contribution >= 0.6 is 0 Å². The first-order valence-electron chi connectivity index (χ1n) is 11.3. The Labute approximate surface area is 192 Å². The molecular formula is C26H26N4O3. The lowest BCUT2D eigenvalue weighted by Gasteiger charge is -2.26. The second-order valence-electron chi connectivity index (χ2n) is 8.49. The Morgan fingerprint density at radius 1 is 1.06 bits per heavy atom. The standard InChI is InChI=1S/C26H26N4O3/c1-32-21-7-4-6-20(15-21)24(31)28-16-17-9-11-19(12-10-17)25-29-30-26(33-25)23-22-8-3-2-5-18(22)13-14-27-23/h2-8,13-15,17,19H,9-12,16H2,1H3,(H,28,31). The Bertz CT molecular complexity index is 1260. The molecule has 2 aromatic heterocycles. The number of ether oxygens (including phenoxy) is 1. The number of hydrogen-bond donors (Lipinski definition) is 1. The largest absolute Gasteiger partial charge is 0.497 e. The van der Waals surface area contributed by atoms with Crippen molar-refractivity contribution in [3.8, 4) is 17.3 Å². The molecule has 1 amide bonds. The molecule has 1 aliphatic rings. The Kier molecular flexibility index (Phi) is 6.02. The van der Waals surface area contributed by atoms with Crippen LogP contribution in [0.1, 0.15) is 47.8 Å². The number of rotatable bonds is 6. The Hall–Kier alpha value is -3.74. The van der Waals surface area contributed by atoms with Crippen LogP contribution in [-0.2, 0) is 0 Å². The van der Waals surface area contributed by atoms with Crippen LogP contribution in [0.15, 0.2) is 65.2 Å². The lowest BCUT2D eigenvalue weighted by Crippen LogP contribution is -2.31. The lowest BCUT2D eigenvalue weighted by molar-refractivity contribution is 0.0942. The molecule has 2 aromatic carbocycles. The fourth-order valence-electron chi connectivity index (χ4n) is 4.50. The molecule has 0 aliphatic heterocycles. The number of nitrogens with zero attached hydrogens (tertiary/aromatic N) is 3. The third kappa shape index (κ3) is 4.58. The summed E-state index contributed by atoms with van der Waals surface area (Å²) in [4.78, 5) is 16.9. The Morgan fingerprint density at radius 3 is 2.76 bits per heavy atom. The van der Waals surface area contributed by atoms with Gasteiger partial charge in [0.2, 0.25) is 5.89 Å². The second kappa shape index (κ2) is 9.40. The van der Waals surface area contributed by atoms with E-state index in [0.717, 1.165) is 42.1 Å². The fourth-order valence-corrected chi connectivity index (χ4v) is 4.50. The molecule has 1 saturated carbocycles. The average Bonchev–Trinajstić information content (AvgIpc) is 3.37. The van der Waals surface area contributed by atoms with Gasteiger partial charge in [-0.05, 0) is 61.3 Å². The van der Waals surface area contributed by atoms with E-state index >= 15 is 0 Å². The van der Waals surface area contributed by atoms with Crippen molar-refractivity contribution in [2.75, 3.05) is 13.7 Å². The van der Waals surface area contributed by atoms with E-state index in [1.165, 1.54) is 0 Å². The number of nitrogens with one attached hydrogen (secondary N) is 1. The predicted octanol–water partition coefficient (Wildman–Crippen LogP) is 5.00. The quantitative estimate of drug-likeness (QED) is 0.452. The van der Waals surface area contributed by atoms with Gasteiger partial charge < -0.3 is 14.5 Å². The van der Waals surface area contributed by atoms with Crippen LogP contribution in [0.2, 0.25) is 0 Å². The molecule has 33 heavy (non-hydrogen) atoms. The summed E-state index contributed by atoms with van der Waals surface area (Å²) in [5, 5.41) is 13.8. The van der Waals surface area contributed by atoms with Crippen molar-refractivity contribution in [1.82, 2.24) is 20.5 Å². The maximum absolute atomic E-state index is 12.5. The highest BCUT2D eigenvalue weighted by Crippen LogP contribution is 2.36. The van der Waals surface area contributed by atoms with E-state index in [1.54, 1.807) is 25.4 Å². The van der Waals surface area contributed by atoms with E-state index in [2.05, 4.69) is 20.5 Å². The summed E-state index contributed by atoms with van der Waals surface area (Å²) in [6.45, 7) is 0.664. The number of methoxy groups -OCH3 is 1. The summed E-state index contributed by atoms with van der Waals surface area (Å²) in [5.41, 5.74) is 1.34. The highest BCUT2D eigenvalue weighted by molar-refractivity contribution is 5.94. The number of carbonyl (C=O) groups is 1. The third-order valence-corrected chi connectivity index (χ3v) is 6.40. The van der Waals surface area contributed by atoms with Gasteiger partial charge in [-0.25, -0.2) is 0 Å². The minimum Gasteiger partial charge on any atom is -0.497 e. The summed E-state index contributed by atoms with van der Waals surface area (Å²) >= 11 is 0. The van der Waals surface area contributed by atoms with Crippen molar-refractivity contribution in [1.29, 1.82) is 0 Å². The average molecular weight is 443 g/mol. The molecule has 1 aliphatic carbocycles. The van der Waals surface area contributed by atoms with Crippen molar-refractivity contribution in [3.63, 3.8) is 0 Å². The SMILES string of the molecule is COc1cccc(C(=O)NCC2CCC(c3nnc(-c4nccc5ccccc45)o3)CC2)c1. The summed E-state index contributed by atoms with van der Waals surface area (Å²) in [7, 11) is 1.60. The molecule has 168 valence electrons. The van der Waals surface area contributed by atoms with Gasteiger partial charge in [-0.1, -0.05) is 30.3 Å². The van der Waals surface area contributed by atoms with Gasteiger partial charge >= 0.3 is 0 Å². The molecule has 0 atom stereocenters. The van der Waals surface area contributed by atoms with E-state index in [1.807, 2.05) is 42.5 Å². The van der Waals surface area contributed by atoms with Gasteiger partial charge in [0.15, 0.2) is 0 Å². The van der Waals surface area contributed by atoms with Gasteiger partial charge in [0.05, 0.1) is 7.11 Å². The molecule has 0 bridgehead atoms. The smallest absolute Gasteiger partial charge is 0.266 e. The topological polar surface area (TPSA) is 90.1 Å². The van der Waals surface area contributed by atoms with Gasteiger partial charge in [0.1, 0.15) is 11.4 Å². The van der Waals surface area contributed by atoms with Crippen LogP contribution in [-0.4, -0.2) is 34.7 Å². The van der Waals surface area contributed by atoms with E-state index in [-0.39, 0.29) is 11.8 Å². The maximum atomic E-state index is 12.5. The van der Waals surface area contributed by atoms with Crippen LogP contribution < -0.4 is 10.1 Å². The van der Waals surface area contributed by atoms with Crippen LogP contribution in [0.4, 0.5) is 0 Å². The van der Waals surface area contributed by atoms with Gasteiger partial charge in [-0.2, -0.15) is 0 Å². The van der Waals surface area contributed by atoms with Gasteiger partial charge in [-0.15, -0.1) is 10.2 Å². The Morgan fingerprint density at radius 2 is 1.91 bits per heavy atom. The van der Waals surface area contributed by atoms with Gasteiger partial charge in [0.25, 0.3) is 11.8 Å². The highest BCUT2D eigenvalue weighted by Gasteiger charge is 2.27. The predicted molar refractivity (Wildman–Crippen MR) is 125 cm³/mol. The normalized spacial score (nSPS) is 18.2. The molecule has 5 rings (SSSR count). The number of fused-ring (bicyclic) bond motifs is 1. The number of carbonyl (C=O) groups excluding carboxylic acids is 1. The number of amides is 1. The summed E-state index contributed by atoms with van der Waals surface area (Å²) < 4.78 is 11.3. The maximum Gasteiger partial charge on any atom is 0.266 e. The Balaban J connectivity index is 1.18. The lowest BCUT2D eigenvalue weighted by atomic mass is 9.82. The van der Waals surface area contributed by atoms with Crippen molar-refractivity contribution in [2.24, 2.45) is 5.92 Å². The first-order valence-corrected chi connectivity index (χ1v) is 11.3. The first-order chi connectivity index (χ1) is 16.2. The zero-order valence-electron chi connectivity index (χ0n) is 18.5. The van der Waals surface area contributed by atoms with E-state index in [0.29, 0.717) is 35.6 Å². The van der Waals surface area contributed by atoms with E-state index in [9.17, 15) is 4.79 Å².